The maximum atomic E-state index is 12.8. The summed E-state index contributed by atoms with van der Waals surface area (Å²) in [7, 11) is 0. The van der Waals surface area contributed by atoms with Gasteiger partial charge in [0, 0.05) is 24.7 Å². The molecule has 0 saturated heterocycles. The summed E-state index contributed by atoms with van der Waals surface area (Å²) in [4.78, 5) is 14.2. The van der Waals surface area contributed by atoms with Gasteiger partial charge < -0.3 is 10.2 Å². The van der Waals surface area contributed by atoms with Crippen LogP contribution in [0.25, 0.3) is 0 Å². The Morgan fingerprint density at radius 2 is 2.14 bits per heavy atom. The van der Waals surface area contributed by atoms with Gasteiger partial charge in [-0.05, 0) is 32.0 Å². The van der Waals surface area contributed by atoms with Crippen LogP contribution >= 0.6 is 0 Å². The molecule has 1 saturated carbocycles. The third-order valence-corrected chi connectivity index (χ3v) is 3.99. The molecule has 1 aromatic heterocycles. The molecule has 0 aromatic carbocycles. The topological polar surface area (TPSA) is 50.2 Å². The minimum Gasteiger partial charge on any atom is -0.353 e. The van der Waals surface area contributed by atoms with E-state index in [2.05, 4.69) is 29.2 Å². The Morgan fingerprint density at radius 1 is 1.45 bits per heavy atom. The molecule has 1 amide bonds. The molecule has 7 heteroatoms. The van der Waals surface area contributed by atoms with Crippen molar-refractivity contribution < 1.29 is 13.6 Å². The highest BCUT2D eigenvalue weighted by Crippen LogP contribution is 2.41. The van der Waals surface area contributed by atoms with Crippen molar-refractivity contribution in [1.29, 1.82) is 0 Å². The number of hydrogen-bond acceptors (Lipinski definition) is 3. The summed E-state index contributed by atoms with van der Waals surface area (Å²) < 4.78 is 27.0. The molecule has 5 nitrogen and oxygen atoms in total. The van der Waals surface area contributed by atoms with Crippen LogP contribution < -0.4 is 5.32 Å². The number of halogens is 2. The number of aromatic nitrogens is 2. The number of hydrogen-bond donors (Lipinski definition) is 1. The van der Waals surface area contributed by atoms with Crippen molar-refractivity contribution in [1.82, 2.24) is 20.0 Å². The SMILES string of the molecule is CCN(CC)CCNC(=O)Cn1nc(C(F)F)cc1C1CC1. The van der Waals surface area contributed by atoms with Crippen LogP contribution in [0.2, 0.25) is 0 Å². The van der Waals surface area contributed by atoms with Crippen LogP contribution in [-0.4, -0.2) is 46.8 Å². The molecular formula is C15H24F2N4O. The second kappa shape index (κ2) is 7.67. The normalized spacial score (nSPS) is 14.8. The lowest BCUT2D eigenvalue weighted by Gasteiger charge is -2.18. The van der Waals surface area contributed by atoms with E-state index in [0.29, 0.717) is 6.54 Å². The number of amides is 1. The number of alkyl halides is 2. The second-order valence-electron chi connectivity index (χ2n) is 5.60. The van der Waals surface area contributed by atoms with Gasteiger partial charge in [-0.1, -0.05) is 13.8 Å². The highest BCUT2D eigenvalue weighted by Gasteiger charge is 2.30. The van der Waals surface area contributed by atoms with E-state index in [0.717, 1.165) is 38.2 Å². The minimum atomic E-state index is -2.59. The highest BCUT2D eigenvalue weighted by molar-refractivity contribution is 5.75. The van der Waals surface area contributed by atoms with E-state index in [1.807, 2.05) is 0 Å². The summed E-state index contributed by atoms with van der Waals surface area (Å²) >= 11 is 0. The molecule has 124 valence electrons. The predicted octanol–water partition coefficient (Wildman–Crippen LogP) is 2.16. The van der Waals surface area contributed by atoms with E-state index in [4.69, 9.17) is 0 Å². The number of carbonyl (C=O) groups excluding carboxylic acids is 1. The van der Waals surface area contributed by atoms with Crippen LogP contribution in [0.15, 0.2) is 6.07 Å². The van der Waals surface area contributed by atoms with Gasteiger partial charge >= 0.3 is 0 Å². The van der Waals surface area contributed by atoms with Gasteiger partial charge in [0.05, 0.1) is 0 Å². The Hall–Kier alpha value is -1.50. The van der Waals surface area contributed by atoms with Gasteiger partial charge in [-0.2, -0.15) is 5.10 Å². The smallest absolute Gasteiger partial charge is 0.282 e. The molecule has 0 aliphatic heterocycles. The molecule has 0 spiro atoms. The number of nitrogens with zero attached hydrogens (tertiary/aromatic N) is 3. The van der Waals surface area contributed by atoms with Gasteiger partial charge in [0.25, 0.3) is 6.43 Å². The van der Waals surface area contributed by atoms with E-state index in [1.54, 1.807) is 0 Å². The molecule has 2 rings (SSSR count). The van der Waals surface area contributed by atoms with Gasteiger partial charge in [-0.15, -0.1) is 0 Å². The Kier molecular flexibility index (Phi) is 5.88. The maximum absolute atomic E-state index is 12.8. The predicted molar refractivity (Wildman–Crippen MR) is 80.0 cm³/mol. The van der Waals surface area contributed by atoms with Crippen molar-refractivity contribution in [3.8, 4) is 0 Å². The molecule has 0 unspecified atom stereocenters. The summed E-state index contributed by atoms with van der Waals surface area (Å²) in [5.74, 6) is 0.0986. The van der Waals surface area contributed by atoms with Crippen molar-refractivity contribution >= 4 is 5.91 Å². The molecular weight excluding hydrogens is 290 g/mol. The summed E-state index contributed by atoms with van der Waals surface area (Å²) in [5.41, 5.74) is 0.520. The first-order valence-corrected chi connectivity index (χ1v) is 7.90. The monoisotopic (exact) mass is 314 g/mol. The van der Waals surface area contributed by atoms with Crippen molar-refractivity contribution in [3.05, 3.63) is 17.5 Å². The third kappa shape index (κ3) is 4.50. The Bertz CT molecular complexity index is 496. The summed E-state index contributed by atoms with van der Waals surface area (Å²) in [6.45, 7) is 7.38. The van der Waals surface area contributed by atoms with E-state index in [1.165, 1.54) is 10.7 Å². The summed E-state index contributed by atoms with van der Waals surface area (Å²) in [5, 5.41) is 6.71. The standard InChI is InChI=1S/C15H24F2N4O/c1-3-20(4-2)8-7-18-14(22)10-21-13(11-5-6-11)9-12(19-21)15(16)17/h9,11,15H,3-8,10H2,1-2H3,(H,18,22). The van der Waals surface area contributed by atoms with Crippen LogP contribution in [0.1, 0.15) is 50.4 Å². The average Bonchev–Trinajstić information content (AvgIpc) is 3.24. The van der Waals surface area contributed by atoms with Gasteiger partial charge in [0.2, 0.25) is 5.91 Å². The van der Waals surface area contributed by atoms with E-state index < -0.39 is 6.43 Å². The Morgan fingerprint density at radius 3 is 2.68 bits per heavy atom. The van der Waals surface area contributed by atoms with Crippen LogP contribution in [0.5, 0.6) is 0 Å². The quantitative estimate of drug-likeness (QED) is 0.760. The van der Waals surface area contributed by atoms with Crippen molar-refractivity contribution in [2.24, 2.45) is 0 Å². The largest absolute Gasteiger partial charge is 0.353 e. The Balaban J connectivity index is 1.88. The first-order valence-electron chi connectivity index (χ1n) is 7.90. The average molecular weight is 314 g/mol. The molecule has 1 aliphatic rings. The van der Waals surface area contributed by atoms with Crippen LogP contribution in [0.4, 0.5) is 8.78 Å². The fourth-order valence-electron chi connectivity index (χ4n) is 2.48. The lowest BCUT2D eigenvalue weighted by atomic mass is 10.2. The first kappa shape index (κ1) is 16.9. The van der Waals surface area contributed by atoms with Crippen LogP contribution in [-0.2, 0) is 11.3 Å². The van der Waals surface area contributed by atoms with Crippen molar-refractivity contribution in [3.63, 3.8) is 0 Å². The minimum absolute atomic E-state index is 0.0107. The molecule has 0 atom stereocenters. The molecule has 1 aromatic rings. The zero-order valence-electron chi connectivity index (χ0n) is 13.2. The molecule has 1 N–H and O–H groups in total. The van der Waals surface area contributed by atoms with Gasteiger partial charge in [-0.25, -0.2) is 8.78 Å². The molecule has 22 heavy (non-hydrogen) atoms. The summed E-state index contributed by atoms with van der Waals surface area (Å²) in [6.07, 6.45) is -0.625. The third-order valence-electron chi connectivity index (χ3n) is 3.99. The lowest BCUT2D eigenvalue weighted by molar-refractivity contribution is -0.121. The van der Waals surface area contributed by atoms with E-state index >= 15 is 0 Å². The molecule has 0 radical (unpaired) electrons. The van der Waals surface area contributed by atoms with E-state index in [9.17, 15) is 13.6 Å². The molecule has 1 fully saturated rings. The highest BCUT2D eigenvalue weighted by atomic mass is 19.3. The Labute approximate surface area is 129 Å². The molecule has 1 aliphatic carbocycles. The lowest BCUT2D eigenvalue weighted by Crippen LogP contribution is -2.36. The number of likely N-dealkylation sites (N-methyl/N-ethyl adjacent to an activating group) is 1. The fourth-order valence-corrected chi connectivity index (χ4v) is 2.48. The van der Waals surface area contributed by atoms with Crippen LogP contribution in [0, 0.1) is 0 Å². The van der Waals surface area contributed by atoms with Gasteiger partial charge in [-0.3, -0.25) is 9.48 Å². The van der Waals surface area contributed by atoms with E-state index in [-0.39, 0.29) is 24.1 Å². The first-order chi connectivity index (χ1) is 10.5. The van der Waals surface area contributed by atoms with Gasteiger partial charge in [0.1, 0.15) is 12.2 Å². The second-order valence-corrected chi connectivity index (χ2v) is 5.60. The zero-order valence-corrected chi connectivity index (χ0v) is 13.2. The molecule has 0 bridgehead atoms. The van der Waals surface area contributed by atoms with Gasteiger partial charge in [0.15, 0.2) is 0 Å². The maximum Gasteiger partial charge on any atom is 0.282 e. The number of nitrogens with one attached hydrogen (secondary N) is 1. The zero-order chi connectivity index (χ0) is 16.1. The summed E-state index contributed by atoms with van der Waals surface area (Å²) in [6, 6.07) is 1.44. The fraction of sp³-hybridized carbons (Fsp3) is 0.733. The van der Waals surface area contributed by atoms with Crippen molar-refractivity contribution in [2.75, 3.05) is 26.2 Å². The van der Waals surface area contributed by atoms with Crippen LogP contribution in [0.3, 0.4) is 0 Å². The number of rotatable bonds is 9. The number of carbonyl (C=O) groups is 1. The molecule has 1 heterocycles. The van der Waals surface area contributed by atoms with Crippen molar-refractivity contribution in [2.45, 2.75) is 45.6 Å².